The highest BCUT2D eigenvalue weighted by atomic mass is 32.2. The first-order valence-electron chi connectivity index (χ1n) is 6.33. The fourth-order valence-electron chi connectivity index (χ4n) is 2.32. The predicted molar refractivity (Wildman–Crippen MR) is 71.7 cm³/mol. The van der Waals surface area contributed by atoms with Crippen molar-refractivity contribution in [2.45, 2.75) is 39.0 Å². The molecule has 17 heavy (non-hydrogen) atoms. The lowest BCUT2D eigenvalue weighted by molar-refractivity contribution is -0.129. The number of amides is 1. The number of rotatable bonds is 5. The molecule has 1 rings (SSSR count). The van der Waals surface area contributed by atoms with E-state index in [1.54, 1.807) is 11.8 Å². The summed E-state index contributed by atoms with van der Waals surface area (Å²) in [5, 5.41) is 12.2. The molecule has 0 aromatic carbocycles. The quantitative estimate of drug-likeness (QED) is 0.820. The van der Waals surface area contributed by atoms with Crippen LogP contribution in [0, 0.1) is 22.7 Å². The Hall–Kier alpha value is -0.690. The number of nitrogens with one attached hydrogen (secondary N) is 1. The van der Waals surface area contributed by atoms with Crippen molar-refractivity contribution < 1.29 is 4.79 Å². The van der Waals surface area contributed by atoms with E-state index in [1.165, 1.54) is 0 Å². The zero-order valence-electron chi connectivity index (χ0n) is 10.8. The maximum Gasteiger partial charge on any atom is 0.240 e. The number of thioether (sulfide) groups is 1. The fraction of sp³-hybridized carbons (Fsp3) is 0.846. The minimum absolute atomic E-state index is 0.0485. The molecule has 1 N–H and O–H groups in total. The lowest BCUT2D eigenvalue weighted by atomic mass is 9.74. The van der Waals surface area contributed by atoms with E-state index in [0.29, 0.717) is 12.5 Å². The summed E-state index contributed by atoms with van der Waals surface area (Å²) in [6.07, 6.45) is 6.68. The summed E-state index contributed by atoms with van der Waals surface area (Å²) in [5.41, 5.74) is -0.739. The predicted octanol–water partition coefficient (Wildman–Crippen LogP) is 2.58. The monoisotopic (exact) mass is 254 g/mol. The second-order valence-electron chi connectivity index (χ2n) is 5.03. The van der Waals surface area contributed by atoms with Crippen molar-refractivity contribution in [1.82, 2.24) is 5.32 Å². The Morgan fingerprint density at radius 2 is 2.12 bits per heavy atom. The van der Waals surface area contributed by atoms with Gasteiger partial charge in [-0.3, -0.25) is 4.79 Å². The molecule has 96 valence electrons. The van der Waals surface area contributed by atoms with Gasteiger partial charge in [0.2, 0.25) is 5.91 Å². The Bertz CT molecular complexity index is 292. The molecule has 0 spiro atoms. The molecule has 1 amide bonds. The Balaban J connectivity index is 2.47. The number of carbonyl (C=O) groups excluding carboxylic acids is 1. The van der Waals surface area contributed by atoms with Crippen LogP contribution in [0.25, 0.3) is 0 Å². The van der Waals surface area contributed by atoms with Crippen molar-refractivity contribution in [2.75, 3.05) is 18.6 Å². The van der Waals surface area contributed by atoms with Crippen LogP contribution in [-0.4, -0.2) is 24.5 Å². The molecule has 1 fully saturated rings. The van der Waals surface area contributed by atoms with E-state index in [-0.39, 0.29) is 5.91 Å². The van der Waals surface area contributed by atoms with Crippen LogP contribution in [0.4, 0.5) is 0 Å². The van der Waals surface area contributed by atoms with Crippen LogP contribution in [0.1, 0.15) is 39.0 Å². The zero-order chi connectivity index (χ0) is 12.7. The molecule has 0 radical (unpaired) electrons. The van der Waals surface area contributed by atoms with Gasteiger partial charge in [-0.1, -0.05) is 26.2 Å². The standard InChI is InChI=1S/C13H22N2OS/c1-11(9-17-2)8-15-12(16)13(10-14)6-4-3-5-7-13/h11H,3-9H2,1-2H3,(H,15,16). The van der Waals surface area contributed by atoms with Gasteiger partial charge < -0.3 is 5.32 Å². The van der Waals surface area contributed by atoms with Crippen LogP contribution in [-0.2, 0) is 4.79 Å². The Kier molecular flexibility index (Phi) is 5.84. The van der Waals surface area contributed by atoms with Crippen molar-refractivity contribution in [3.63, 3.8) is 0 Å². The summed E-state index contributed by atoms with van der Waals surface area (Å²) >= 11 is 1.79. The molecular formula is C13H22N2OS. The van der Waals surface area contributed by atoms with E-state index in [1.807, 2.05) is 0 Å². The minimum Gasteiger partial charge on any atom is -0.354 e. The number of nitriles is 1. The van der Waals surface area contributed by atoms with E-state index in [0.717, 1.165) is 37.9 Å². The third kappa shape index (κ3) is 3.92. The number of carbonyl (C=O) groups is 1. The second kappa shape index (κ2) is 6.90. The third-order valence-electron chi connectivity index (χ3n) is 3.42. The topological polar surface area (TPSA) is 52.9 Å². The molecule has 0 bridgehead atoms. The van der Waals surface area contributed by atoms with Crippen LogP contribution in [0.3, 0.4) is 0 Å². The molecular weight excluding hydrogens is 232 g/mol. The number of hydrogen-bond donors (Lipinski definition) is 1. The van der Waals surface area contributed by atoms with Gasteiger partial charge in [-0.15, -0.1) is 0 Å². The third-order valence-corrected chi connectivity index (χ3v) is 4.32. The average molecular weight is 254 g/mol. The Morgan fingerprint density at radius 3 is 2.65 bits per heavy atom. The van der Waals surface area contributed by atoms with E-state index in [2.05, 4.69) is 24.6 Å². The van der Waals surface area contributed by atoms with Crippen molar-refractivity contribution >= 4 is 17.7 Å². The molecule has 0 aromatic rings. The highest BCUT2D eigenvalue weighted by Gasteiger charge is 2.39. The summed E-state index contributed by atoms with van der Waals surface area (Å²) in [4.78, 5) is 12.1. The molecule has 0 aliphatic heterocycles. The van der Waals surface area contributed by atoms with Gasteiger partial charge in [0.1, 0.15) is 5.41 Å². The molecule has 1 aliphatic rings. The van der Waals surface area contributed by atoms with Gasteiger partial charge in [0.25, 0.3) is 0 Å². The fourth-order valence-corrected chi connectivity index (χ4v) is 3.01. The van der Waals surface area contributed by atoms with E-state index >= 15 is 0 Å². The molecule has 0 heterocycles. The van der Waals surface area contributed by atoms with E-state index in [9.17, 15) is 10.1 Å². The summed E-state index contributed by atoms with van der Waals surface area (Å²) in [6, 6.07) is 2.26. The molecule has 4 heteroatoms. The molecule has 1 atom stereocenters. The van der Waals surface area contributed by atoms with Crippen molar-refractivity contribution in [1.29, 1.82) is 5.26 Å². The minimum atomic E-state index is -0.739. The molecule has 0 aromatic heterocycles. The lowest BCUT2D eigenvalue weighted by Crippen LogP contribution is -2.43. The summed E-state index contributed by atoms with van der Waals surface area (Å²) in [7, 11) is 0. The van der Waals surface area contributed by atoms with Crippen molar-refractivity contribution in [2.24, 2.45) is 11.3 Å². The highest BCUT2D eigenvalue weighted by Crippen LogP contribution is 2.35. The van der Waals surface area contributed by atoms with Gasteiger partial charge in [-0.2, -0.15) is 17.0 Å². The molecule has 1 unspecified atom stereocenters. The van der Waals surface area contributed by atoms with E-state index < -0.39 is 5.41 Å². The molecule has 1 aliphatic carbocycles. The van der Waals surface area contributed by atoms with Gasteiger partial charge in [0.05, 0.1) is 6.07 Å². The summed E-state index contributed by atoms with van der Waals surface area (Å²) in [6.45, 7) is 2.81. The van der Waals surface area contributed by atoms with Gasteiger partial charge >= 0.3 is 0 Å². The van der Waals surface area contributed by atoms with Gasteiger partial charge in [0, 0.05) is 6.54 Å². The maximum absolute atomic E-state index is 12.1. The second-order valence-corrected chi connectivity index (χ2v) is 5.94. The first kappa shape index (κ1) is 14.4. The highest BCUT2D eigenvalue weighted by molar-refractivity contribution is 7.98. The van der Waals surface area contributed by atoms with Crippen LogP contribution < -0.4 is 5.32 Å². The molecule has 0 saturated heterocycles. The molecule has 1 saturated carbocycles. The van der Waals surface area contributed by atoms with Gasteiger partial charge in [-0.05, 0) is 30.8 Å². The Labute approximate surface area is 108 Å². The maximum atomic E-state index is 12.1. The smallest absolute Gasteiger partial charge is 0.240 e. The molecule has 3 nitrogen and oxygen atoms in total. The average Bonchev–Trinajstić information content (AvgIpc) is 2.37. The summed E-state index contributed by atoms with van der Waals surface area (Å²) in [5.74, 6) is 1.46. The zero-order valence-corrected chi connectivity index (χ0v) is 11.6. The SMILES string of the molecule is CSCC(C)CNC(=O)C1(C#N)CCCCC1. The van der Waals surface area contributed by atoms with Gasteiger partial charge in [-0.25, -0.2) is 0 Å². The van der Waals surface area contributed by atoms with Crippen LogP contribution in [0.5, 0.6) is 0 Å². The van der Waals surface area contributed by atoms with Crippen LogP contribution >= 0.6 is 11.8 Å². The first-order chi connectivity index (χ1) is 8.14. The van der Waals surface area contributed by atoms with Crippen LogP contribution in [0.15, 0.2) is 0 Å². The van der Waals surface area contributed by atoms with E-state index in [4.69, 9.17) is 0 Å². The Morgan fingerprint density at radius 1 is 1.47 bits per heavy atom. The summed E-state index contributed by atoms with van der Waals surface area (Å²) < 4.78 is 0. The number of nitrogens with zero attached hydrogens (tertiary/aromatic N) is 1. The van der Waals surface area contributed by atoms with Crippen molar-refractivity contribution in [3.8, 4) is 6.07 Å². The number of hydrogen-bond acceptors (Lipinski definition) is 3. The van der Waals surface area contributed by atoms with Crippen LogP contribution in [0.2, 0.25) is 0 Å². The van der Waals surface area contributed by atoms with Crippen molar-refractivity contribution in [3.05, 3.63) is 0 Å². The first-order valence-corrected chi connectivity index (χ1v) is 7.72. The normalized spacial score (nSPS) is 20.3. The largest absolute Gasteiger partial charge is 0.354 e. The lowest BCUT2D eigenvalue weighted by Gasteiger charge is -2.29. The van der Waals surface area contributed by atoms with Gasteiger partial charge in [0.15, 0.2) is 0 Å².